The molecule has 0 amide bonds. The minimum Gasteiger partial charge on any atom is -0.385 e. The Hall–Kier alpha value is -0.580. The summed E-state index contributed by atoms with van der Waals surface area (Å²) in [6.45, 7) is 2.62. The molecule has 2 N–H and O–H groups in total. The molecule has 0 aliphatic carbocycles. The Labute approximate surface area is 100 Å². The molecule has 0 aromatic heterocycles. The van der Waals surface area contributed by atoms with Gasteiger partial charge in [0.2, 0.25) is 0 Å². The van der Waals surface area contributed by atoms with Crippen LogP contribution in [0.1, 0.15) is 24.9 Å². The van der Waals surface area contributed by atoms with E-state index in [0.717, 1.165) is 29.2 Å². The van der Waals surface area contributed by atoms with Gasteiger partial charge in [-0.1, -0.05) is 0 Å². The van der Waals surface area contributed by atoms with Crippen molar-refractivity contribution in [2.24, 2.45) is 5.73 Å². The van der Waals surface area contributed by atoms with E-state index < -0.39 is 0 Å². The van der Waals surface area contributed by atoms with E-state index in [1.54, 1.807) is 24.9 Å². The molecule has 2 nitrogen and oxygen atoms in total. The van der Waals surface area contributed by atoms with E-state index in [-0.39, 0.29) is 11.9 Å². The summed E-state index contributed by atoms with van der Waals surface area (Å²) in [5.74, 6) is 0.729. The van der Waals surface area contributed by atoms with E-state index in [1.165, 1.54) is 12.1 Å². The van der Waals surface area contributed by atoms with Crippen LogP contribution in [0.5, 0.6) is 0 Å². The maximum absolute atomic E-state index is 13.1. The van der Waals surface area contributed by atoms with Crippen molar-refractivity contribution >= 4 is 11.8 Å². The minimum absolute atomic E-state index is 0.138. The smallest absolute Gasteiger partial charge is 0.123 e. The molecule has 1 rings (SSSR count). The maximum Gasteiger partial charge on any atom is 0.123 e. The van der Waals surface area contributed by atoms with E-state index in [0.29, 0.717) is 0 Å². The topological polar surface area (TPSA) is 35.2 Å². The lowest BCUT2D eigenvalue weighted by Gasteiger charge is -2.12. The second-order valence-electron chi connectivity index (χ2n) is 3.67. The van der Waals surface area contributed by atoms with Crippen molar-refractivity contribution in [3.05, 3.63) is 29.6 Å². The fourth-order valence-electron chi connectivity index (χ4n) is 1.39. The first-order valence-electron chi connectivity index (χ1n) is 5.32. The van der Waals surface area contributed by atoms with Crippen molar-refractivity contribution in [1.82, 2.24) is 0 Å². The molecule has 1 aromatic rings. The van der Waals surface area contributed by atoms with Gasteiger partial charge in [-0.15, -0.1) is 11.8 Å². The van der Waals surface area contributed by atoms with Crippen LogP contribution in [0.15, 0.2) is 23.1 Å². The van der Waals surface area contributed by atoms with Crippen molar-refractivity contribution in [3.8, 4) is 0 Å². The summed E-state index contributed by atoms with van der Waals surface area (Å²) < 4.78 is 18.0. The third-order valence-electron chi connectivity index (χ3n) is 2.21. The molecule has 0 saturated carbocycles. The molecule has 0 unspecified atom stereocenters. The number of methoxy groups -OCH3 is 1. The number of rotatable bonds is 6. The average Bonchev–Trinajstić information content (AvgIpc) is 2.26. The number of benzene rings is 1. The molecule has 90 valence electrons. The van der Waals surface area contributed by atoms with E-state index >= 15 is 0 Å². The van der Waals surface area contributed by atoms with Crippen molar-refractivity contribution in [2.45, 2.75) is 24.3 Å². The molecular formula is C12H18FNOS. The van der Waals surface area contributed by atoms with Crippen LogP contribution in [-0.2, 0) is 4.74 Å². The first kappa shape index (κ1) is 13.5. The molecule has 0 aliphatic heterocycles. The largest absolute Gasteiger partial charge is 0.385 e. The van der Waals surface area contributed by atoms with Gasteiger partial charge >= 0.3 is 0 Å². The Bertz CT molecular complexity index is 331. The molecule has 4 heteroatoms. The summed E-state index contributed by atoms with van der Waals surface area (Å²) in [5.41, 5.74) is 6.69. The number of thioether (sulfide) groups is 1. The van der Waals surface area contributed by atoms with Crippen LogP contribution in [0, 0.1) is 5.82 Å². The van der Waals surface area contributed by atoms with Gasteiger partial charge in [0.15, 0.2) is 0 Å². The normalized spacial score (nSPS) is 12.8. The molecule has 0 bridgehead atoms. The lowest BCUT2D eigenvalue weighted by molar-refractivity contribution is 0.200. The fourth-order valence-corrected chi connectivity index (χ4v) is 2.45. The van der Waals surface area contributed by atoms with Crippen LogP contribution < -0.4 is 5.73 Å². The monoisotopic (exact) mass is 243 g/mol. The molecule has 16 heavy (non-hydrogen) atoms. The van der Waals surface area contributed by atoms with Crippen LogP contribution >= 0.6 is 11.8 Å². The van der Waals surface area contributed by atoms with Gasteiger partial charge in [-0.25, -0.2) is 4.39 Å². The average molecular weight is 243 g/mol. The summed E-state index contributed by atoms with van der Waals surface area (Å²) in [4.78, 5) is 1.06. The van der Waals surface area contributed by atoms with Crippen LogP contribution in [0.4, 0.5) is 4.39 Å². The second kappa shape index (κ2) is 6.89. The number of nitrogens with two attached hydrogens (primary N) is 1. The number of hydrogen-bond acceptors (Lipinski definition) is 3. The maximum atomic E-state index is 13.1. The lowest BCUT2D eigenvalue weighted by atomic mass is 10.1. The zero-order chi connectivity index (χ0) is 12.0. The molecular weight excluding hydrogens is 225 g/mol. The van der Waals surface area contributed by atoms with Crippen LogP contribution in [-0.4, -0.2) is 19.5 Å². The highest BCUT2D eigenvalue weighted by Gasteiger charge is 2.08. The van der Waals surface area contributed by atoms with E-state index in [2.05, 4.69) is 0 Å². The summed E-state index contributed by atoms with van der Waals surface area (Å²) in [5, 5.41) is 0. The van der Waals surface area contributed by atoms with Crippen molar-refractivity contribution in [1.29, 1.82) is 0 Å². The highest BCUT2D eigenvalue weighted by Crippen LogP contribution is 2.27. The summed E-state index contributed by atoms with van der Waals surface area (Å²) in [7, 11) is 1.69. The second-order valence-corrected chi connectivity index (χ2v) is 4.80. The molecule has 1 aromatic carbocycles. The zero-order valence-electron chi connectivity index (χ0n) is 9.70. The van der Waals surface area contributed by atoms with E-state index in [4.69, 9.17) is 10.5 Å². The number of hydrogen-bond donors (Lipinski definition) is 1. The lowest BCUT2D eigenvalue weighted by Crippen LogP contribution is -2.07. The highest BCUT2D eigenvalue weighted by molar-refractivity contribution is 7.99. The Morgan fingerprint density at radius 2 is 2.25 bits per heavy atom. The van der Waals surface area contributed by atoms with Gasteiger partial charge in [-0.05, 0) is 37.1 Å². The third kappa shape index (κ3) is 4.12. The first-order valence-corrected chi connectivity index (χ1v) is 6.30. The van der Waals surface area contributed by atoms with Crippen LogP contribution in [0.3, 0.4) is 0 Å². The molecule has 0 heterocycles. The fraction of sp³-hybridized carbons (Fsp3) is 0.500. The zero-order valence-corrected chi connectivity index (χ0v) is 10.5. The standard InChI is InChI=1S/C12H18FNOS/c1-9(14)11-8-10(13)4-5-12(11)16-7-3-6-15-2/h4-5,8-9H,3,6-7,14H2,1-2H3/t9-/m0/s1. The van der Waals surface area contributed by atoms with Gasteiger partial charge in [0.1, 0.15) is 5.82 Å². The predicted octanol–water partition coefficient (Wildman–Crippen LogP) is 2.97. The van der Waals surface area contributed by atoms with Gasteiger partial charge in [-0.3, -0.25) is 0 Å². The third-order valence-corrected chi connectivity index (χ3v) is 3.39. The number of halogens is 1. The quantitative estimate of drug-likeness (QED) is 0.616. The van der Waals surface area contributed by atoms with Crippen LogP contribution in [0.2, 0.25) is 0 Å². The minimum atomic E-state index is -0.228. The predicted molar refractivity (Wildman–Crippen MR) is 66.2 cm³/mol. The van der Waals surface area contributed by atoms with Crippen molar-refractivity contribution in [3.63, 3.8) is 0 Å². The molecule has 0 aliphatic rings. The summed E-state index contributed by atoms with van der Waals surface area (Å²) in [6, 6.07) is 4.65. The van der Waals surface area contributed by atoms with E-state index in [1.807, 2.05) is 6.92 Å². The van der Waals surface area contributed by atoms with Crippen LogP contribution in [0.25, 0.3) is 0 Å². The van der Waals surface area contributed by atoms with Gasteiger partial charge in [-0.2, -0.15) is 0 Å². The Balaban J connectivity index is 2.64. The Kier molecular flexibility index (Phi) is 5.80. The first-order chi connectivity index (χ1) is 7.65. The van der Waals surface area contributed by atoms with Gasteiger partial charge < -0.3 is 10.5 Å². The molecule has 0 fully saturated rings. The van der Waals surface area contributed by atoms with Crippen molar-refractivity contribution in [2.75, 3.05) is 19.5 Å². The van der Waals surface area contributed by atoms with E-state index in [9.17, 15) is 4.39 Å². The Morgan fingerprint density at radius 1 is 1.50 bits per heavy atom. The summed E-state index contributed by atoms with van der Waals surface area (Å²) >= 11 is 1.70. The Morgan fingerprint density at radius 3 is 2.88 bits per heavy atom. The molecule has 0 spiro atoms. The molecule has 1 atom stereocenters. The number of ether oxygens (including phenoxy) is 1. The van der Waals surface area contributed by atoms with Gasteiger partial charge in [0.05, 0.1) is 0 Å². The van der Waals surface area contributed by atoms with Gasteiger partial charge in [0.25, 0.3) is 0 Å². The van der Waals surface area contributed by atoms with Gasteiger partial charge in [0, 0.05) is 30.4 Å². The molecule has 0 saturated heterocycles. The SMILES string of the molecule is COCCCSc1ccc(F)cc1[C@H](C)N. The highest BCUT2D eigenvalue weighted by atomic mass is 32.2. The molecule has 0 radical (unpaired) electrons. The van der Waals surface area contributed by atoms with Crippen molar-refractivity contribution < 1.29 is 9.13 Å². The summed E-state index contributed by atoms with van der Waals surface area (Å²) in [6.07, 6.45) is 0.983.